The van der Waals surface area contributed by atoms with Crippen LogP contribution in [0.25, 0.3) is 0 Å². The van der Waals surface area contributed by atoms with Crippen molar-refractivity contribution in [1.82, 2.24) is 15.3 Å². The molecule has 0 bridgehead atoms. The molecular formula is C16H26N4O. The standard InChI is InChI=1S/C16H26N4O/c1-12-15(4-3-7-17-14-5-6-14)13(2)19-16(18-12)20-8-10-21-11-9-20/h14,17H,3-11H2,1-2H3. The Bertz CT molecular complexity index is 458. The summed E-state index contributed by atoms with van der Waals surface area (Å²) in [4.78, 5) is 11.7. The second kappa shape index (κ2) is 6.71. The highest BCUT2D eigenvalue weighted by atomic mass is 16.5. The molecule has 0 spiro atoms. The molecule has 1 saturated heterocycles. The molecule has 1 aliphatic heterocycles. The molecule has 1 aromatic heterocycles. The van der Waals surface area contributed by atoms with Gasteiger partial charge in [0.25, 0.3) is 0 Å². The molecule has 21 heavy (non-hydrogen) atoms. The summed E-state index contributed by atoms with van der Waals surface area (Å²) in [5.74, 6) is 0.869. The van der Waals surface area contributed by atoms with Crippen molar-refractivity contribution < 1.29 is 4.74 Å². The van der Waals surface area contributed by atoms with Crippen LogP contribution in [0.15, 0.2) is 0 Å². The molecule has 2 heterocycles. The molecule has 0 amide bonds. The average Bonchev–Trinajstić information content (AvgIpc) is 3.30. The van der Waals surface area contributed by atoms with E-state index in [-0.39, 0.29) is 0 Å². The van der Waals surface area contributed by atoms with E-state index >= 15 is 0 Å². The van der Waals surface area contributed by atoms with Crippen LogP contribution < -0.4 is 10.2 Å². The van der Waals surface area contributed by atoms with Crippen LogP contribution in [0.4, 0.5) is 5.95 Å². The Hall–Kier alpha value is -1.20. The summed E-state index contributed by atoms with van der Waals surface area (Å²) in [5.41, 5.74) is 3.59. The van der Waals surface area contributed by atoms with Crippen LogP contribution in [0.1, 0.15) is 36.2 Å². The summed E-state index contributed by atoms with van der Waals surface area (Å²) >= 11 is 0. The van der Waals surface area contributed by atoms with E-state index in [9.17, 15) is 0 Å². The molecule has 0 aromatic carbocycles. The van der Waals surface area contributed by atoms with Gasteiger partial charge in [0.1, 0.15) is 0 Å². The number of morpholine rings is 1. The minimum atomic E-state index is 0.774. The lowest BCUT2D eigenvalue weighted by molar-refractivity contribution is 0.122. The van der Waals surface area contributed by atoms with Gasteiger partial charge in [0.2, 0.25) is 5.95 Å². The largest absolute Gasteiger partial charge is 0.378 e. The van der Waals surface area contributed by atoms with Gasteiger partial charge in [0.05, 0.1) is 13.2 Å². The lowest BCUT2D eigenvalue weighted by Crippen LogP contribution is -2.37. The smallest absolute Gasteiger partial charge is 0.225 e. The van der Waals surface area contributed by atoms with Crippen LogP contribution in [-0.4, -0.2) is 48.9 Å². The molecule has 0 atom stereocenters. The molecule has 116 valence electrons. The lowest BCUT2D eigenvalue weighted by Gasteiger charge is -2.27. The van der Waals surface area contributed by atoms with Crippen LogP contribution in [0.3, 0.4) is 0 Å². The number of ether oxygens (including phenoxy) is 1. The monoisotopic (exact) mass is 290 g/mol. The molecule has 0 radical (unpaired) electrons. The number of anilines is 1. The first-order valence-electron chi connectivity index (χ1n) is 8.14. The number of nitrogens with zero attached hydrogens (tertiary/aromatic N) is 3. The fourth-order valence-electron chi connectivity index (χ4n) is 2.85. The third-order valence-electron chi connectivity index (χ3n) is 4.32. The van der Waals surface area contributed by atoms with E-state index in [0.717, 1.165) is 62.6 Å². The molecular weight excluding hydrogens is 264 g/mol. The first-order valence-corrected chi connectivity index (χ1v) is 8.14. The SMILES string of the molecule is Cc1nc(N2CCOCC2)nc(C)c1CCCNC1CC1. The zero-order chi connectivity index (χ0) is 14.7. The van der Waals surface area contributed by atoms with Crippen LogP contribution in [-0.2, 0) is 11.2 Å². The second-order valence-electron chi connectivity index (χ2n) is 6.10. The van der Waals surface area contributed by atoms with Gasteiger partial charge in [0, 0.05) is 30.5 Å². The molecule has 5 heteroatoms. The van der Waals surface area contributed by atoms with Crippen molar-refractivity contribution >= 4 is 5.95 Å². The predicted molar refractivity (Wildman–Crippen MR) is 83.9 cm³/mol. The van der Waals surface area contributed by atoms with Crippen LogP contribution in [0.5, 0.6) is 0 Å². The number of hydrogen-bond acceptors (Lipinski definition) is 5. The minimum absolute atomic E-state index is 0.774. The Morgan fingerprint density at radius 3 is 2.43 bits per heavy atom. The van der Waals surface area contributed by atoms with Crippen LogP contribution in [0, 0.1) is 13.8 Å². The summed E-state index contributed by atoms with van der Waals surface area (Å²) in [6.07, 6.45) is 4.95. The topological polar surface area (TPSA) is 50.3 Å². The van der Waals surface area contributed by atoms with Gasteiger partial charge in [-0.15, -0.1) is 0 Å². The van der Waals surface area contributed by atoms with Gasteiger partial charge in [0.15, 0.2) is 0 Å². The van der Waals surface area contributed by atoms with Crippen LogP contribution in [0.2, 0.25) is 0 Å². The number of aryl methyl sites for hydroxylation is 2. The van der Waals surface area contributed by atoms with Gasteiger partial charge in [-0.2, -0.15) is 0 Å². The van der Waals surface area contributed by atoms with Crippen molar-refractivity contribution in [2.75, 3.05) is 37.7 Å². The van der Waals surface area contributed by atoms with Gasteiger partial charge in [-0.3, -0.25) is 0 Å². The Balaban J connectivity index is 1.60. The molecule has 1 aliphatic carbocycles. The summed E-state index contributed by atoms with van der Waals surface area (Å²) in [6.45, 7) is 8.67. The molecule has 5 nitrogen and oxygen atoms in total. The highest BCUT2D eigenvalue weighted by Gasteiger charge is 2.20. The minimum Gasteiger partial charge on any atom is -0.378 e. The molecule has 0 unspecified atom stereocenters. The van der Waals surface area contributed by atoms with Crippen molar-refractivity contribution in [2.45, 2.75) is 45.6 Å². The highest BCUT2D eigenvalue weighted by Crippen LogP contribution is 2.20. The van der Waals surface area contributed by atoms with E-state index in [0.29, 0.717) is 0 Å². The molecule has 1 saturated carbocycles. The van der Waals surface area contributed by atoms with Gasteiger partial charge in [-0.05, 0) is 51.6 Å². The third kappa shape index (κ3) is 3.92. The molecule has 1 N–H and O–H groups in total. The Morgan fingerprint density at radius 2 is 1.81 bits per heavy atom. The molecule has 1 aromatic rings. The summed E-state index contributed by atoms with van der Waals surface area (Å²) in [6, 6.07) is 0.798. The van der Waals surface area contributed by atoms with E-state index in [1.807, 2.05) is 0 Å². The summed E-state index contributed by atoms with van der Waals surface area (Å²) in [5, 5.41) is 3.57. The highest BCUT2D eigenvalue weighted by molar-refractivity contribution is 5.37. The molecule has 2 aliphatic rings. The normalized spacial score (nSPS) is 19.0. The van der Waals surface area contributed by atoms with E-state index in [1.54, 1.807) is 0 Å². The zero-order valence-corrected chi connectivity index (χ0v) is 13.2. The maximum Gasteiger partial charge on any atom is 0.225 e. The quantitative estimate of drug-likeness (QED) is 0.807. The van der Waals surface area contributed by atoms with Gasteiger partial charge in [-0.1, -0.05) is 0 Å². The fourth-order valence-corrected chi connectivity index (χ4v) is 2.85. The van der Waals surface area contributed by atoms with Crippen molar-refractivity contribution in [3.63, 3.8) is 0 Å². The fraction of sp³-hybridized carbons (Fsp3) is 0.750. The van der Waals surface area contributed by atoms with Crippen LogP contribution >= 0.6 is 0 Å². The molecule has 3 rings (SSSR count). The van der Waals surface area contributed by atoms with Crippen molar-refractivity contribution in [2.24, 2.45) is 0 Å². The van der Waals surface area contributed by atoms with E-state index in [2.05, 4.69) is 24.1 Å². The van der Waals surface area contributed by atoms with Gasteiger partial charge in [-0.25, -0.2) is 9.97 Å². The summed E-state index contributed by atoms with van der Waals surface area (Å²) in [7, 11) is 0. The number of hydrogen-bond donors (Lipinski definition) is 1. The Labute approximate surface area is 127 Å². The van der Waals surface area contributed by atoms with E-state index in [4.69, 9.17) is 14.7 Å². The second-order valence-corrected chi connectivity index (χ2v) is 6.10. The first-order chi connectivity index (χ1) is 10.2. The maximum absolute atomic E-state index is 5.39. The van der Waals surface area contributed by atoms with Crippen molar-refractivity contribution in [1.29, 1.82) is 0 Å². The predicted octanol–water partition coefficient (Wildman–Crippen LogP) is 1.61. The Kier molecular flexibility index (Phi) is 4.70. The lowest BCUT2D eigenvalue weighted by atomic mass is 10.1. The molecule has 2 fully saturated rings. The zero-order valence-electron chi connectivity index (χ0n) is 13.2. The summed E-state index contributed by atoms with van der Waals surface area (Å²) < 4.78 is 5.39. The van der Waals surface area contributed by atoms with E-state index in [1.165, 1.54) is 24.8 Å². The van der Waals surface area contributed by atoms with Gasteiger partial charge < -0.3 is 15.0 Å². The van der Waals surface area contributed by atoms with Crippen molar-refractivity contribution in [3.8, 4) is 0 Å². The number of rotatable bonds is 6. The Morgan fingerprint density at radius 1 is 1.14 bits per heavy atom. The van der Waals surface area contributed by atoms with E-state index < -0.39 is 0 Å². The first kappa shape index (κ1) is 14.7. The maximum atomic E-state index is 5.39. The van der Waals surface area contributed by atoms with Crippen molar-refractivity contribution in [3.05, 3.63) is 17.0 Å². The van der Waals surface area contributed by atoms with Gasteiger partial charge >= 0.3 is 0 Å². The third-order valence-corrected chi connectivity index (χ3v) is 4.32. The number of aromatic nitrogens is 2. The number of nitrogens with one attached hydrogen (secondary N) is 1. The average molecular weight is 290 g/mol.